The maximum atomic E-state index is 11.5. The second kappa shape index (κ2) is 4.98. The van der Waals surface area contributed by atoms with Gasteiger partial charge in [-0.1, -0.05) is 18.2 Å². The van der Waals surface area contributed by atoms with E-state index in [1.165, 1.54) is 0 Å². The normalized spacial score (nSPS) is 18.1. The molecule has 2 N–H and O–H groups in total. The Kier molecular flexibility index (Phi) is 3.57. The van der Waals surface area contributed by atoms with Crippen molar-refractivity contribution in [2.24, 2.45) is 0 Å². The third-order valence-corrected chi connectivity index (χ3v) is 3.31. The summed E-state index contributed by atoms with van der Waals surface area (Å²) < 4.78 is 5.27. The number of rotatable bonds is 6. The van der Waals surface area contributed by atoms with Crippen molar-refractivity contribution in [2.45, 2.75) is 37.8 Å². The van der Waals surface area contributed by atoms with Crippen LogP contribution in [0.1, 0.15) is 25.3 Å². The van der Waals surface area contributed by atoms with E-state index in [1.54, 1.807) is 14.0 Å². The van der Waals surface area contributed by atoms with Crippen LogP contribution in [0.3, 0.4) is 0 Å². The van der Waals surface area contributed by atoms with Crippen molar-refractivity contribution in [3.8, 4) is 5.75 Å². The summed E-state index contributed by atoms with van der Waals surface area (Å²) in [5, 5.41) is 12.6. The van der Waals surface area contributed by atoms with Gasteiger partial charge in [0.2, 0.25) is 0 Å². The fourth-order valence-corrected chi connectivity index (χ4v) is 2.10. The average Bonchev–Trinajstić information content (AvgIpc) is 3.13. The first kappa shape index (κ1) is 12.9. The highest BCUT2D eigenvalue weighted by atomic mass is 16.5. The van der Waals surface area contributed by atoms with Gasteiger partial charge in [0.15, 0.2) is 0 Å². The van der Waals surface area contributed by atoms with E-state index in [1.807, 2.05) is 24.3 Å². The first-order valence-electron chi connectivity index (χ1n) is 6.18. The molecule has 0 heterocycles. The first-order valence-corrected chi connectivity index (χ1v) is 6.18. The molecule has 0 saturated heterocycles. The van der Waals surface area contributed by atoms with Crippen molar-refractivity contribution in [1.29, 1.82) is 0 Å². The highest BCUT2D eigenvalue weighted by molar-refractivity contribution is 5.79. The lowest BCUT2D eigenvalue weighted by Crippen LogP contribution is -2.52. The smallest absolute Gasteiger partial charge is 0.323 e. The summed E-state index contributed by atoms with van der Waals surface area (Å²) in [5.41, 5.74) is -0.0199. The van der Waals surface area contributed by atoms with Crippen LogP contribution in [0.5, 0.6) is 5.75 Å². The molecule has 0 radical (unpaired) electrons. The Morgan fingerprint density at radius 3 is 2.72 bits per heavy atom. The highest BCUT2D eigenvalue weighted by Gasteiger charge is 2.39. The number of ether oxygens (including phenoxy) is 1. The maximum absolute atomic E-state index is 11.5. The van der Waals surface area contributed by atoms with E-state index in [0.717, 1.165) is 24.2 Å². The standard InChI is InChI=1S/C14H19NO3/c1-14(13(16)17,15-11-7-8-11)9-10-5-3-4-6-12(10)18-2/h3-6,11,15H,7-9H2,1-2H3,(H,16,17). The van der Waals surface area contributed by atoms with Crippen LogP contribution in [0.2, 0.25) is 0 Å². The molecule has 1 atom stereocenters. The van der Waals surface area contributed by atoms with Gasteiger partial charge >= 0.3 is 5.97 Å². The van der Waals surface area contributed by atoms with Crippen LogP contribution in [0.4, 0.5) is 0 Å². The number of nitrogens with one attached hydrogen (secondary N) is 1. The third-order valence-electron chi connectivity index (χ3n) is 3.31. The highest BCUT2D eigenvalue weighted by Crippen LogP contribution is 2.27. The molecule has 1 aliphatic carbocycles. The summed E-state index contributed by atoms with van der Waals surface area (Å²) in [7, 11) is 1.60. The van der Waals surface area contributed by atoms with Crippen molar-refractivity contribution in [3.63, 3.8) is 0 Å². The molecular formula is C14H19NO3. The van der Waals surface area contributed by atoms with Crippen molar-refractivity contribution >= 4 is 5.97 Å². The summed E-state index contributed by atoms with van der Waals surface area (Å²) in [5.74, 6) is -0.0807. The Balaban J connectivity index is 2.19. The Labute approximate surface area is 107 Å². The van der Waals surface area contributed by atoms with Crippen LogP contribution in [0.25, 0.3) is 0 Å². The number of benzene rings is 1. The maximum Gasteiger partial charge on any atom is 0.323 e. The topological polar surface area (TPSA) is 58.6 Å². The Bertz CT molecular complexity index is 442. The SMILES string of the molecule is COc1ccccc1CC(C)(NC1CC1)C(=O)O. The molecule has 1 saturated carbocycles. The number of hydrogen-bond acceptors (Lipinski definition) is 3. The minimum Gasteiger partial charge on any atom is -0.496 e. The molecule has 1 aromatic rings. The van der Waals surface area contributed by atoms with Crippen LogP contribution in [0.15, 0.2) is 24.3 Å². The Morgan fingerprint density at radius 2 is 2.17 bits per heavy atom. The van der Waals surface area contributed by atoms with Gasteiger partial charge in [0, 0.05) is 12.5 Å². The minimum atomic E-state index is -0.935. The molecule has 0 bridgehead atoms. The molecule has 2 rings (SSSR count). The molecule has 1 fully saturated rings. The van der Waals surface area contributed by atoms with Gasteiger partial charge in [0.05, 0.1) is 7.11 Å². The number of methoxy groups -OCH3 is 1. The van der Waals surface area contributed by atoms with E-state index in [0.29, 0.717) is 12.5 Å². The lowest BCUT2D eigenvalue weighted by Gasteiger charge is -2.27. The van der Waals surface area contributed by atoms with E-state index in [-0.39, 0.29) is 0 Å². The molecule has 1 unspecified atom stereocenters. The monoisotopic (exact) mass is 249 g/mol. The van der Waals surface area contributed by atoms with E-state index in [9.17, 15) is 9.90 Å². The van der Waals surface area contributed by atoms with Crippen molar-refractivity contribution < 1.29 is 14.6 Å². The quantitative estimate of drug-likeness (QED) is 0.807. The second-order valence-corrected chi connectivity index (χ2v) is 5.04. The van der Waals surface area contributed by atoms with E-state index in [2.05, 4.69) is 5.32 Å². The molecule has 1 aromatic carbocycles. The number of carboxylic acids is 1. The zero-order chi connectivity index (χ0) is 13.2. The summed E-state index contributed by atoms with van der Waals surface area (Å²) >= 11 is 0. The van der Waals surface area contributed by atoms with Crippen molar-refractivity contribution in [3.05, 3.63) is 29.8 Å². The van der Waals surface area contributed by atoms with E-state index < -0.39 is 11.5 Å². The number of hydrogen-bond donors (Lipinski definition) is 2. The average molecular weight is 249 g/mol. The van der Waals surface area contributed by atoms with Gasteiger partial charge < -0.3 is 9.84 Å². The molecule has 4 heteroatoms. The molecule has 98 valence electrons. The number of para-hydroxylation sites is 1. The largest absolute Gasteiger partial charge is 0.496 e. The van der Waals surface area contributed by atoms with Gasteiger partial charge in [-0.25, -0.2) is 0 Å². The van der Waals surface area contributed by atoms with Gasteiger partial charge in [-0.3, -0.25) is 10.1 Å². The third kappa shape index (κ3) is 2.82. The predicted molar refractivity (Wildman–Crippen MR) is 68.9 cm³/mol. The van der Waals surface area contributed by atoms with Gasteiger partial charge in [0.25, 0.3) is 0 Å². The van der Waals surface area contributed by atoms with Gasteiger partial charge in [-0.05, 0) is 31.4 Å². The molecule has 4 nitrogen and oxygen atoms in total. The van der Waals surface area contributed by atoms with Crippen molar-refractivity contribution in [2.75, 3.05) is 7.11 Å². The van der Waals surface area contributed by atoms with Crippen LogP contribution in [-0.4, -0.2) is 29.8 Å². The lowest BCUT2D eigenvalue weighted by atomic mass is 9.92. The molecule has 0 amide bonds. The van der Waals surface area contributed by atoms with Gasteiger partial charge in [-0.15, -0.1) is 0 Å². The summed E-state index contributed by atoms with van der Waals surface area (Å²) in [4.78, 5) is 11.5. The fourth-order valence-electron chi connectivity index (χ4n) is 2.10. The predicted octanol–water partition coefficient (Wildman–Crippen LogP) is 1.83. The molecule has 1 aliphatic rings. The number of carbonyl (C=O) groups is 1. The van der Waals surface area contributed by atoms with Gasteiger partial charge in [-0.2, -0.15) is 0 Å². The van der Waals surface area contributed by atoms with Crippen LogP contribution in [-0.2, 0) is 11.2 Å². The first-order chi connectivity index (χ1) is 8.55. The zero-order valence-electron chi connectivity index (χ0n) is 10.8. The van der Waals surface area contributed by atoms with Gasteiger partial charge in [0.1, 0.15) is 11.3 Å². The Hall–Kier alpha value is -1.55. The van der Waals surface area contributed by atoms with E-state index >= 15 is 0 Å². The summed E-state index contributed by atoms with van der Waals surface area (Å²) in [6.45, 7) is 1.74. The minimum absolute atomic E-state index is 0.348. The Morgan fingerprint density at radius 1 is 1.50 bits per heavy atom. The zero-order valence-corrected chi connectivity index (χ0v) is 10.8. The fraction of sp³-hybridized carbons (Fsp3) is 0.500. The summed E-state index contributed by atoms with van der Waals surface area (Å²) in [6, 6.07) is 7.90. The van der Waals surface area contributed by atoms with Crippen LogP contribution < -0.4 is 10.1 Å². The van der Waals surface area contributed by atoms with Crippen LogP contribution in [0, 0.1) is 0 Å². The van der Waals surface area contributed by atoms with Crippen LogP contribution >= 0.6 is 0 Å². The molecule has 0 aliphatic heterocycles. The lowest BCUT2D eigenvalue weighted by molar-refractivity contribution is -0.144. The molecule has 18 heavy (non-hydrogen) atoms. The second-order valence-electron chi connectivity index (χ2n) is 5.04. The van der Waals surface area contributed by atoms with E-state index in [4.69, 9.17) is 4.74 Å². The molecular weight excluding hydrogens is 230 g/mol. The molecule has 0 spiro atoms. The van der Waals surface area contributed by atoms with Crippen molar-refractivity contribution in [1.82, 2.24) is 5.32 Å². The number of carboxylic acid groups (broad SMARTS) is 1. The number of aliphatic carboxylic acids is 1. The molecule has 0 aromatic heterocycles. The summed E-state index contributed by atoms with van der Waals surface area (Å²) in [6.07, 6.45) is 2.55.